The molecule has 1 aromatic heterocycles. The quantitative estimate of drug-likeness (QED) is 0.639. The molecule has 5 heteroatoms. The van der Waals surface area contributed by atoms with E-state index in [1.165, 1.54) is 11.1 Å². The van der Waals surface area contributed by atoms with Crippen molar-refractivity contribution in [2.45, 2.75) is 49.5 Å². The summed E-state index contributed by atoms with van der Waals surface area (Å²) < 4.78 is 0. The number of likely N-dealkylation sites (tertiary alicyclic amines) is 1. The smallest absolute Gasteiger partial charge is 0.228 e. The van der Waals surface area contributed by atoms with E-state index in [9.17, 15) is 4.79 Å². The summed E-state index contributed by atoms with van der Waals surface area (Å²) >= 11 is 0. The molecule has 34 heavy (non-hydrogen) atoms. The Balaban J connectivity index is 1.34. The highest BCUT2D eigenvalue weighted by atomic mass is 16.2. The minimum absolute atomic E-state index is 0.0928. The molecule has 1 spiro atoms. The van der Waals surface area contributed by atoms with E-state index in [-0.39, 0.29) is 23.3 Å². The number of hydrogen-bond donors (Lipinski definition) is 1. The van der Waals surface area contributed by atoms with Gasteiger partial charge in [0.15, 0.2) is 0 Å². The van der Waals surface area contributed by atoms with Crippen molar-refractivity contribution in [2.24, 2.45) is 5.92 Å². The molecule has 3 heterocycles. The molecule has 2 fully saturated rings. The van der Waals surface area contributed by atoms with Crippen LogP contribution in [0, 0.1) is 5.92 Å². The Morgan fingerprint density at radius 3 is 2.50 bits per heavy atom. The van der Waals surface area contributed by atoms with Gasteiger partial charge < -0.3 is 10.2 Å². The van der Waals surface area contributed by atoms with Gasteiger partial charge in [0.2, 0.25) is 5.91 Å². The Kier molecular flexibility index (Phi) is 5.66. The molecule has 0 saturated carbocycles. The zero-order valence-corrected chi connectivity index (χ0v) is 19.6. The average Bonchev–Trinajstić information content (AvgIpc) is 3.33. The van der Waals surface area contributed by atoms with Gasteiger partial charge in [-0.3, -0.25) is 14.8 Å². The Morgan fingerprint density at radius 1 is 0.971 bits per heavy atom. The molecule has 2 aliphatic heterocycles. The van der Waals surface area contributed by atoms with E-state index in [1.54, 1.807) is 12.4 Å². The van der Waals surface area contributed by atoms with Crippen molar-refractivity contribution in [3.05, 3.63) is 95.6 Å². The van der Waals surface area contributed by atoms with Crippen LogP contribution in [0.4, 0.5) is 0 Å². The maximum Gasteiger partial charge on any atom is 0.228 e. The van der Waals surface area contributed by atoms with Crippen LogP contribution in [0.3, 0.4) is 0 Å². The molecule has 0 unspecified atom stereocenters. The van der Waals surface area contributed by atoms with Crippen molar-refractivity contribution in [1.82, 2.24) is 20.2 Å². The normalized spacial score (nSPS) is 28.6. The predicted molar refractivity (Wildman–Crippen MR) is 132 cm³/mol. The molecule has 2 saturated heterocycles. The third kappa shape index (κ3) is 3.63. The molecule has 5 nitrogen and oxygen atoms in total. The first-order chi connectivity index (χ1) is 16.8. The average molecular weight is 453 g/mol. The number of aromatic nitrogens is 2. The van der Waals surface area contributed by atoms with Crippen molar-refractivity contribution < 1.29 is 4.79 Å². The van der Waals surface area contributed by atoms with E-state index < -0.39 is 0 Å². The maximum atomic E-state index is 14.3. The van der Waals surface area contributed by atoms with Crippen LogP contribution in [0.15, 0.2) is 73.1 Å². The SMILES string of the molecule is O=C([C@@H]1CNC[C@]12CCCc1nccnc12)N1CC[C@@H](c2ccccc2)C[C@H]1c1ccccc1. The lowest BCUT2D eigenvalue weighted by Crippen LogP contribution is -2.50. The standard InChI is InChI=1S/C29H32N4O/c34-28(24-19-30-20-29(24)14-7-12-25-27(29)32-16-15-31-25)33-17-13-23(21-8-3-1-4-9-21)18-26(33)22-10-5-2-6-11-22/h1-6,8-11,15-16,23-24,26,30H,7,12-14,17-20H2/t23-,24+,26+,29-/m1/s1. The molecule has 0 radical (unpaired) electrons. The molecule has 2 aromatic carbocycles. The fraction of sp³-hybridized carbons (Fsp3) is 0.414. The van der Waals surface area contributed by atoms with Gasteiger partial charge in [-0.1, -0.05) is 60.7 Å². The summed E-state index contributed by atoms with van der Waals surface area (Å²) in [7, 11) is 0. The minimum Gasteiger partial charge on any atom is -0.335 e. The molecule has 1 N–H and O–H groups in total. The summed E-state index contributed by atoms with van der Waals surface area (Å²) in [5, 5.41) is 3.57. The van der Waals surface area contributed by atoms with Crippen molar-refractivity contribution in [3.8, 4) is 0 Å². The van der Waals surface area contributed by atoms with Crippen LogP contribution < -0.4 is 5.32 Å². The number of rotatable bonds is 3. The maximum absolute atomic E-state index is 14.3. The van der Waals surface area contributed by atoms with Crippen molar-refractivity contribution in [3.63, 3.8) is 0 Å². The second kappa shape index (κ2) is 8.95. The molecule has 1 amide bonds. The minimum atomic E-state index is -0.240. The van der Waals surface area contributed by atoms with E-state index in [0.717, 1.165) is 63.1 Å². The Morgan fingerprint density at radius 2 is 1.71 bits per heavy atom. The fourth-order valence-corrected chi connectivity index (χ4v) is 6.70. The monoisotopic (exact) mass is 452 g/mol. The molecular weight excluding hydrogens is 420 g/mol. The molecule has 174 valence electrons. The van der Waals surface area contributed by atoms with Gasteiger partial charge in [-0.25, -0.2) is 0 Å². The van der Waals surface area contributed by atoms with Gasteiger partial charge in [0.05, 0.1) is 23.3 Å². The zero-order valence-electron chi connectivity index (χ0n) is 19.6. The number of nitrogens with zero attached hydrogens (tertiary/aromatic N) is 3. The van der Waals surface area contributed by atoms with E-state index in [2.05, 4.69) is 75.9 Å². The van der Waals surface area contributed by atoms with E-state index >= 15 is 0 Å². The summed E-state index contributed by atoms with van der Waals surface area (Å²) in [6, 6.07) is 21.5. The van der Waals surface area contributed by atoms with Crippen molar-refractivity contribution >= 4 is 5.91 Å². The van der Waals surface area contributed by atoms with Crippen LogP contribution in [0.25, 0.3) is 0 Å². The van der Waals surface area contributed by atoms with E-state index in [0.29, 0.717) is 5.92 Å². The van der Waals surface area contributed by atoms with Gasteiger partial charge in [-0.05, 0) is 49.1 Å². The number of benzene rings is 2. The second-order valence-corrected chi connectivity index (χ2v) is 10.1. The largest absolute Gasteiger partial charge is 0.335 e. The molecule has 0 bridgehead atoms. The third-order valence-electron chi connectivity index (χ3n) is 8.38. The van der Waals surface area contributed by atoms with Crippen LogP contribution in [0.2, 0.25) is 0 Å². The summed E-state index contributed by atoms with van der Waals surface area (Å²) in [6.07, 6.45) is 8.57. The molecule has 1 aliphatic carbocycles. The van der Waals surface area contributed by atoms with Crippen LogP contribution in [-0.4, -0.2) is 40.4 Å². The van der Waals surface area contributed by atoms with Crippen LogP contribution in [0.5, 0.6) is 0 Å². The van der Waals surface area contributed by atoms with E-state index in [1.807, 2.05) is 0 Å². The Bertz CT molecular complexity index is 1150. The lowest BCUT2D eigenvalue weighted by atomic mass is 9.67. The predicted octanol–water partition coefficient (Wildman–Crippen LogP) is 4.42. The molecular formula is C29H32N4O. The van der Waals surface area contributed by atoms with Gasteiger partial charge in [-0.2, -0.15) is 0 Å². The fourth-order valence-electron chi connectivity index (χ4n) is 6.70. The Labute approximate surface area is 201 Å². The second-order valence-electron chi connectivity index (χ2n) is 10.1. The first kappa shape index (κ1) is 21.5. The highest BCUT2D eigenvalue weighted by Crippen LogP contribution is 2.46. The highest BCUT2D eigenvalue weighted by molar-refractivity contribution is 5.82. The van der Waals surface area contributed by atoms with Gasteiger partial charge in [0.1, 0.15) is 0 Å². The number of piperidine rings is 1. The number of hydrogen-bond acceptors (Lipinski definition) is 4. The topological polar surface area (TPSA) is 58.1 Å². The number of fused-ring (bicyclic) bond motifs is 2. The number of nitrogens with one attached hydrogen (secondary N) is 1. The van der Waals surface area contributed by atoms with Crippen LogP contribution in [0.1, 0.15) is 60.2 Å². The molecule has 3 aliphatic rings. The van der Waals surface area contributed by atoms with Crippen LogP contribution >= 0.6 is 0 Å². The molecule has 6 rings (SSSR count). The van der Waals surface area contributed by atoms with Crippen LogP contribution in [-0.2, 0) is 16.6 Å². The lowest BCUT2D eigenvalue weighted by Gasteiger charge is -2.44. The van der Waals surface area contributed by atoms with Gasteiger partial charge in [0, 0.05) is 37.4 Å². The van der Waals surface area contributed by atoms with Gasteiger partial charge in [-0.15, -0.1) is 0 Å². The number of carbonyl (C=O) groups excluding carboxylic acids is 1. The number of aryl methyl sites for hydroxylation is 1. The van der Waals surface area contributed by atoms with Crippen molar-refractivity contribution in [2.75, 3.05) is 19.6 Å². The third-order valence-corrected chi connectivity index (χ3v) is 8.38. The summed E-state index contributed by atoms with van der Waals surface area (Å²) in [4.78, 5) is 26.0. The van der Waals surface area contributed by atoms with Gasteiger partial charge in [0.25, 0.3) is 0 Å². The lowest BCUT2D eigenvalue weighted by molar-refractivity contribution is -0.141. The summed E-state index contributed by atoms with van der Waals surface area (Å²) in [5.41, 5.74) is 4.51. The highest BCUT2D eigenvalue weighted by Gasteiger charge is 2.53. The summed E-state index contributed by atoms with van der Waals surface area (Å²) in [6.45, 7) is 2.32. The van der Waals surface area contributed by atoms with Gasteiger partial charge >= 0.3 is 0 Å². The molecule has 3 aromatic rings. The Hall–Kier alpha value is -3.05. The first-order valence-electron chi connectivity index (χ1n) is 12.7. The zero-order chi connectivity index (χ0) is 23.0. The number of amides is 1. The first-order valence-corrected chi connectivity index (χ1v) is 12.7. The van der Waals surface area contributed by atoms with Crippen molar-refractivity contribution in [1.29, 1.82) is 0 Å². The van der Waals surface area contributed by atoms with E-state index in [4.69, 9.17) is 4.98 Å². The summed E-state index contributed by atoms with van der Waals surface area (Å²) in [5.74, 6) is 0.652. The molecule has 4 atom stereocenters. The number of carbonyl (C=O) groups is 1.